The minimum atomic E-state index is -0.0868. The number of amides is 2. The van der Waals surface area contributed by atoms with Crippen LogP contribution in [0.4, 0.5) is 5.69 Å². The lowest BCUT2D eigenvalue weighted by molar-refractivity contribution is -0.117. The molecule has 0 spiro atoms. The number of carbonyl (C=O) groups is 2. The van der Waals surface area contributed by atoms with E-state index in [2.05, 4.69) is 17.6 Å². The molecule has 0 aliphatic carbocycles. The normalized spacial score (nSPS) is 17.6. The summed E-state index contributed by atoms with van der Waals surface area (Å²) in [4.78, 5) is 26.5. The fourth-order valence-electron chi connectivity index (χ4n) is 3.48. The van der Waals surface area contributed by atoms with Gasteiger partial charge >= 0.3 is 0 Å². The van der Waals surface area contributed by atoms with E-state index in [0.717, 1.165) is 13.1 Å². The van der Waals surface area contributed by atoms with Crippen molar-refractivity contribution < 1.29 is 9.59 Å². The van der Waals surface area contributed by atoms with Crippen molar-refractivity contribution >= 4 is 41.5 Å². The van der Waals surface area contributed by atoms with Crippen LogP contribution in [-0.4, -0.2) is 42.9 Å². The average molecular weight is 416 g/mol. The number of hydrogen-bond donors (Lipinski definition) is 2. The highest BCUT2D eigenvalue weighted by Gasteiger charge is 2.22. The van der Waals surface area contributed by atoms with Gasteiger partial charge in [-0.25, -0.2) is 0 Å². The summed E-state index contributed by atoms with van der Waals surface area (Å²) in [7, 11) is 0. The molecule has 2 rings (SSSR count). The smallest absolute Gasteiger partial charge is 0.255 e. The molecule has 2 atom stereocenters. The van der Waals surface area contributed by atoms with E-state index in [-0.39, 0.29) is 24.2 Å². The van der Waals surface area contributed by atoms with E-state index in [1.807, 2.05) is 13.8 Å². The summed E-state index contributed by atoms with van der Waals surface area (Å²) in [5.74, 6) is 0.784. The van der Waals surface area contributed by atoms with Gasteiger partial charge in [-0.1, -0.05) is 18.5 Å². The minimum absolute atomic E-state index is 0. The van der Waals surface area contributed by atoms with Crippen molar-refractivity contribution in [2.75, 3.05) is 31.5 Å². The third kappa shape index (κ3) is 6.66. The van der Waals surface area contributed by atoms with Crippen LogP contribution in [0, 0.1) is 11.8 Å². The molecular weight excluding hydrogens is 385 g/mol. The number of anilines is 1. The fraction of sp³-hybridized carbons (Fsp3) is 0.600. The van der Waals surface area contributed by atoms with Gasteiger partial charge in [-0.05, 0) is 69.8 Å². The molecule has 27 heavy (non-hydrogen) atoms. The van der Waals surface area contributed by atoms with Crippen LogP contribution < -0.4 is 10.6 Å². The molecule has 1 aliphatic rings. The van der Waals surface area contributed by atoms with Crippen molar-refractivity contribution in [3.63, 3.8) is 0 Å². The van der Waals surface area contributed by atoms with Crippen LogP contribution in [0.5, 0.6) is 0 Å². The second-order valence-corrected chi connectivity index (χ2v) is 7.42. The SMILES string of the molecule is CCN(CC)C(=O)c1ccc(NC(=O)CC(C)C2CCCNC2)cc1Cl.Cl. The lowest BCUT2D eigenvalue weighted by Crippen LogP contribution is -2.34. The van der Waals surface area contributed by atoms with E-state index in [4.69, 9.17) is 11.6 Å². The van der Waals surface area contributed by atoms with Gasteiger partial charge in [0.25, 0.3) is 5.91 Å². The van der Waals surface area contributed by atoms with Crippen molar-refractivity contribution in [1.82, 2.24) is 10.2 Å². The Morgan fingerprint density at radius 1 is 1.33 bits per heavy atom. The molecule has 1 saturated heterocycles. The molecule has 1 aromatic carbocycles. The van der Waals surface area contributed by atoms with Crippen LogP contribution in [0.1, 0.15) is 50.4 Å². The molecule has 7 heteroatoms. The van der Waals surface area contributed by atoms with Gasteiger partial charge in [-0.2, -0.15) is 0 Å². The van der Waals surface area contributed by atoms with Crippen LogP contribution in [0.3, 0.4) is 0 Å². The highest BCUT2D eigenvalue weighted by Crippen LogP contribution is 2.25. The van der Waals surface area contributed by atoms with Crippen molar-refractivity contribution in [2.45, 2.75) is 40.0 Å². The number of carbonyl (C=O) groups excluding carboxylic acids is 2. The third-order valence-corrected chi connectivity index (χ3v) is 5.49. The van der Waals surface area contributed by atoms with E-state index in [9.17, 15) is 9.59 Å². The first-order chi connectivity index (χ1) is 12.5. The predicted molar refractivity (Wildman–Crippen MR) is 114 cm³/mol. The Kier molecular flexibility index (Phi) is 10.1. The lowest BCUT2D eigenvalue weighted by atomic mass is 9.85. The van der Waals surface area contributed by atoms with Crippen LogP contribution in [0.2, 0.25) is 5.02 Å². The molecule has 152 valence electrons. The van der Waals surface area contributed by atoms with Gasteiger partial charge in [0, 0.05) is 25.2 Å². The number of piperidine rings is 1. The van der Waals surface area contributed by atoms with Crippen molar-refractivity contribution in [3.05, 3.63) is 28.8 Å². The van der Waals surface area contributed by atoms with Crippen molar-refractivity contribution in [2.24, 2.45) is 11.8 Å². The maximum Gasteiger partial charge on any atom is 0.255 e. The second-order valence-electron chi connectivity index (χ2n) is 7.01. The fourth-order valence-corrected chi connectivity index (χ4v) is 3.74. The second kappa shape index (κ2) is 11.5. The van der Waals surface area contributed by atoms with Gasteiger partial charge in [0.15, 0.2) is 0 Å². The molecule has 0 bridgehead atoms. The highest BCUT2D eigenvalue weighted by molar-refractivity contribution is 6.34. The molecule has 0 aromatic heterocycles. The highest BCUT2D eigenvalue weighted by atomic mass is 35.5. The van der Waals surface area contributed by atoms with Crippen molar-refractivity contribution in [1.29, 1.82) is 0 Å². The van der Waals surface area contributed by atoms with E-state index in [0.29, 0.717) is 47.6 Å². The number of rotatable bonds is 7. The standard InChI is InChI=1S/C20H30ClN3O2.ClH/c1-4-24(5-2)20(26)17-9-8-16(12-18(17)21)23-19(25)11-14(3)15-7-6-10-22-13-15;/h8-9,12,14-15,22H,4-7,10-11,13H2,1-3H3,(H,23,25);1H. The van der Waals surface area contributed by atoms with Crippen LogP contribution in [-0.2, 0) is 4.79 Å². The van der Waals surface area contributed by atoms with Crippen molar-refractivity contribution in [3.8, 4) is 0 Å². The van der Waals surface area contributed by atoms with Crippen LogP contribution in [0.25, 0.3) is 0 Å². The van der Waals surface area contributed by atoms with E-state index < -0.39 is 0 Å². The summed E-state index contributed by atoms with van der Waals surface area (Å²) in [5.41, 5.74) is 1.10. The Bertz CT molecular complexity index is 630. The lowest BCUT2D eigenvalue weighted by Gasteiger charge is -2.28. The Balaban J connectivity index is 0.00000364. The third-order valence-electron chi connectivity index (χ3n) is 5.18. The van der Waals surface area contributed by atoms with Gasteiger partial charge in [-0.15, -0.1) is 12.4 Å². The largest absolute Gasteiger partial charge is 0.339 e. The number of benzene rings is 1. The van der Waals surface area contributed by atoms with E-state index >= 15 is 0 Å². The molecular formula is C20H31Cl2N3O2. The first-order valence-electron chi connectivity index (χ1n) is 9.55. The molecule has 1 fully saturated rings. The average Bonchev–Trinajstić information content (AvgIpc) is 2.63. The maximum atomic E-state index is 12.4. The van der Waals surface area contributed by atoms with E-state index in [1.165, 1.54) is 12.8 Å². The summed E-state index contributed by atoms with van der Waals surface area (Å²) in [6, 6.07) is 5.09. The Hall–Kier alpha value is -1.30. The quantitative estimate of drug-likeness (QED) is 0.700. The molecule has 0 radical (unpaired) electrons. The number of nitrogens with zero attached hydrogens (tertiary/aromatic N) is 1. The summed E-state index contributed by atoms with van der Waals surface area (Å²) in [5, 5.41) is 6.67. The molecule has 5 nitrogen and oxygen atoms in total. The summed E-state index contributed by atoms with van der Waals surface area (Å²) in [6.45, 7) is 9.35. The first kappa shape index (κ1) is 23.7. The molecule has 2 N–H and O–H groups in total. The van der Waals surface area contributed by atoms with Gasteiger partial charge in [0.2, 0.25) is 5.91 Å². The summed E-state index contributed by atoms with van der Waals surface area (Å²) < 4.78 is 0. The van der Waals surface area contributed by atoms with E-state index in [1.54, 1.807) is 23.1 Å². The first-order valence-corrected chi connectivity index (χ1v) is 9.93. The van der Waals surface area contributed by atoms with Gasteiger partial charge in [0.05, 0.1) is 10.6 Å². The molecule has 1 aliphatic heterocycles. The Labute approximate surface area is 173 Å². The Morgan fingerprint density at radius 2 is 2.04 bits per heavy atom. The number of halogens is 2. The zero-order valence-corrected chi connectivity index (χ0v) is 18.0. The van der Waals surface area contributed by atoms with Gasteiger partial charge < -0.3 is 15.5 Å². The summed E-state index contributed by atoms with van der Waals surface area (Å²) >= 11 is 6.29. The Morgan fingerprint density at radius 3 is 2.59 bits per heavy atom. The molecule has 1 aromatic rings. The van der Waals surface area contributed by atoms with Gasteiger partial charge in [-0.3, -0.25) is 9.59 Å². The molecule has 1 heterocycles. The minimum Gasteiger partial charge on any atom is -0.339 e. The van der Waals surface area contributed by atoms with Gasteiger partial charge in [0.1, 0.15) is 0 Å². The molecule has 0 saturated carbocycles. The maximum absolute atomic E-state index is 12.4. The topological polar surface area (TPSA) is 61.4 Å². The van der Waals surface area contributed by atoms with Crippen LogP contribution in [0.15, 0.2) is 18.2 Å². The molecule has 2 unspecified atom stereocenters. The molecule has 2 amide bonds. The zero-order chi connectivity index (χ0) is 19.1. The summed E-state index contributed by atoms with van der Waals surface area (Å²) in [6.07, 6.45) is 2.84. The number of hydrogen-bond acceptors (Lipinski definition) is 3. The number of nitrogens with one attached hydrogen (secondary N) is 2. The van der Waals surface area contributed by atoms with Crippen LogP contribution >= 0.6 is 24.0 Å². The predicted octanol–water partition coefficient (Wildman–Crippen LogP) is 4.21. The monoisotopic (exact) mass is 415 g/mol. The zero-order valence-electron chi connectivity index (χ0n) is 16.4.